The lowest BCUT2D eigenvalue weighted by molar-refractivity contribution is 0.262. The van der Waals surface area contributed by atoms with E-state index in [1.165, 1.54) is 11.3 Å². The van der Waals surface area contributed by atoms with Crippen LogP contribution >= 0.6 is 23.1 Å². The maximum atomic E-state index is 12.2. The molecule has 2 amide bonds. The van der Waals surface area contributed by atoms with Crippen LogP contribution in [0, 0.1) is 6.92 Å². The van der Waals surface area contributed by atoms with E-state index in [2.05, 4.69) is 30.9 Å². The zero-order valence-electron chi connectivity index (χ0n) is 14.5. The van der Waals surface area contributed by atoms with E-state index < -0.39 is 0 Å². The Balaban J connectivity index is 1.73. The molecular formula is C17H18N6OS2. The van der Waals surface area contributed by atoms with E-state index >= 15 is 0 Å². The number of thioether (sulfide) groups is 1. The first kappa shape index (κ1) is 18.2. The summed E-state index contributed by atoms with van der Waals surface area (Å²) in [6, 6.07) is 9.15. The van der Waals surface area contributed by atoms with Crippen molar-refractivity contribution in [2.24, 2.45) is 0 Å². The molecule has 0 spiro atoms. The largest absolute Gasteiger partial charge is 0.357 e. The third-order valence-electron chi connectivity index (χ3n) is 3.46. The highest BCUT2D eigenvalue weighted by atomic mass is 32.2. The predicted octanol–water partition coefficient (Wildman–Crippen LogP) is 4.32. The molecule has 26 heavy (non-hydrogen) atoms. The van der Waals surface area contributed by atoms with Gasteiger partial charge in [0, 0.05) is 23.8 Å². The summed E-state index contributed by atoms with van der Waals surface area (Å²) < 4.78 is 0. The summed E-state index contributed by atoms with van der Waals surface area (Å²) in [5.74, 6) is 0.538. The highest BCUT2D eigenvalue weighted by Gasteiger charge is 2.14. The molecule has 7 nitrogen and oxygen atoms in total. The molecule has 0 atom stereocenters. The number of carbonyl (C=O) groups excluding carboxylic acids is 1. The van der Waals surface area contributed by atoms with Gasteiger partial charge in [-0.3, -0.25) is 5.32 Å². The quantitative estimate of drug-likeness (QED) is 0.566. The highest BCUT2D eigenvalue weighted by Crippen LogP contribution is 2.31. The SMILES string of the molecule is CNc1nccc(-c2sc(NC(=O)Nc3cccc(SC)c3)nc2C)n1. The average molecular weight is 387 g/mol. The molecule has 0 saturated heterocycles. The second kappa shape index (κ2) is 8.15. The van der Waals surface area contributed by atoms with E-state index in [1.54, 1.807) is 25.0 Å². The van der Waals surface area contributed by atoms with Crippen LogP contribution in [-0.2, 0) is 0 Å². The first-order valence-electron chi connectivity index (χ1n) is 7.79. The fourth-order valence-corrected chi connectivity index (χ4v) is 3.64. The Hall–Kier alpha value is -2.65. The number of benzene rings is 1. The second-order valence-corrected chi connectivity index (χ2v) is 7.14. The number of carbonyl (C=O) groups is 1. The second-order valence-electron chi connectivity index (χ2n) is 5.26. The molecule has 3 N–H and O–H groups in total. The van der Waals surface area contributed by atoms with Gasteiger partial charge in [0.05, 0.1) is 16.3 Å². The van der Waals surface area contributed by atoms with Crippen molar-refractivity contribution in [2.75, 3.05) is 29.3 Å². The summed E-state index contributed by atoms with van der Waals surface area (Å²) in [5.41, 5.74) is 2.30. The zero-order chi connectivity index (χ0) is 18.5. The summed E-state index contributed by atoms with van der Waals surface area (Å²) in [7, 11) is 1.77. The summed E-state index contributed by atoms with van der Waals surface area (Å²) in [6.07, 6.45) is 3.68. The van der Waals surface area contributed by atoms with Gasteiger partial charge in [0.1, 0.15) is 0 Å². The number of anilines is 3. The van der Waals surface area contributed by atoms with Gasteiger partial charge in [-0.2, -0.15) is 0 Å². The molecule has 0 bridgehead atoms. The number of nitrogens with one attached hydrogen (secondary N) is 3. The fraction of sp³-hybridized carbons (Fsp3) is 0.176. The van der Waals surface area contributed by atoms with Crippen LogP contribution in [0.15, 0.2) is 41.4 Å². The molecule has 0 unspecified atom stereocenters. The standard InChI is InChI=1S/C17H18N6OS2/c1-10-14(13-7-8-19-15(18-2)22-13)26-17(20-10)23-16(24)21-11-5-4-6-12(9-11)25-3/h4-9H,1-3H3,(H,18,19,22)(H2,20,21,23,24). The Kier molecular flexibility index (Phi) is 5.69. The summed E-state index contributed by atoms with van der Waals surface area (Å²) in [4.78, 5) is 27.2. The van der Waals surface area contributed by atoms with Gasteiger partial charge in [0.25, 0.3) is 0 Å². The Morgan fingerprint density at radius 2 is 2.04 bits per heavy atom. The number of aryl methyl sites for hydroxylation is 1. The van der Waals surface area contributed by atoms with Crippen LogP contribution in [0.3, 0.4) is 0 Å². The average Bonchev–Trinajstić information content (AvgIpc) is 3.01. The van der Waals surface area contributed by atoms with Crippen LogP contribution in [0.5, 0.6) is 0 Å². The maximum absolute atomic E-state index is 12.2. The smallest absolute Gasteiger partial charge is 0.325 e. The third-order valence-corrected chi connectivity index (χ3v) is 5.28. The minimum Gasteiger partial charge on any atom is -0.357 e. The van der Waals surface area contributed by atoms with E-state index in [4.69, 9.17) is 0 Å². The van der Waals surface area contributed by atoms with Crippen molar-refractivity contribution in [3.8, 4) is 10.6 Å². The molecule has 9 heteroatoms. The summed E-state index contributed by atoms with van der Waals surface area (Å²) >= 11 is 2.99. The van der Waals surface area contributed by atoms with Crippen LogP contribution in [-0.4, -0.2) is 34.3 Å². The van der Waals surface area contributed by atoms with E-state index in [1.807, 2.05) is 43.5 Å². The maximum Gasteiger partial charge on any atom is 0.325 e. The zero-order valence-corrected chi connectivity index (χ0v) is 16.2. The van der Waals surface area contributed by atoms with Crippen LogP contribution in [0.25, 0.3) is 10.6 Å². The molecule has 134 valence electrons. The normalized spacial score (nSPS) is 10.4. The van der Waals surface area contributed by atoms with E-state index in [0.29, 0.717) is 11.1 Å². The van der Waals surface area contributed by atoms with Crippen molar-refractivity contribution in [1.82, 2.24) is 15.0 Å². The van der Waals surface area contributed by atoms with Gasteiger partial charge in [-0.05, 0) is 37.4 Å². The number of nitrogens with zero attached hydrogens (tertiary/aromatic N) is 3. The molecular weight excluding hydrogens is 368 g/mol. The molecule has 3 rings (SSSR count). The number of amides is 2. The molecule has 0 aliphatic heterocycles. The number of rotatable bonds is 5. The first-order chi connectivity index (χ1) is 12.6. The summed E-state index contributed by atoms with van der Waals surface area (Å²) in [5, 5.41) is 9.03. The molecule has 3 aromatic rings. The van der Waals surface area contributed by atoms with Gasteiger partial charge in [0.15, 0.2) is 5.13 Å². The molecule has 1 aromatic carbocycles. The monoisotopic (exact) mass is 386 g/mol. The van der Waals surface area contributed by atoms with Crippen LogP contribution in [0.1, 0.15) is 5.69 Å². The van der Waals surface area contributed by atoms with Crippen molar-refractivity contribution in [2.45, 2.75) is 11.8 Å². The lowest BCUT2D eigenvalue weighted by Crippen LogP contribution is -2.19. The number of aromatic nitrogens is 3. The van der Waals surface area contributed by atoms with Crippen molar-refractivity contribution in [3.05, 3.63) is 42.2 Å². The van der Waals surface area contributed by atoms with Gasteiger partial charge in [-0.25, -0.2) is 19.7 Å². The van der Waals surface area contributed by atoms with Crippen LogP contribution < -0.4 is 16.0 Å². The molecule has 0 fully saturated rings. The topological polar surface area (TPSA) is 91.8 Å². The van der Waals surface area contributed by atoms with Crippen LogP contribution in [0.2, 0.25) is 0 Å². The molecule has 2 heterocycles. The Labute approximate surface area is 159 Å². The van der Waals surface area contributed by atoms with Gasteiger partial charge in [0.2, 0.25) is 5.95 Å². The number of urea groups is 1. The van der Waals surface area contributed by atoms with Crippen molar-refractivity contribution < 1.29 is 4.79 Å². The highest BCUT2D eigenvalue weighted by molar-refractivity contribution is 7.98. The predicted molar refractivity (Wildman–Crippen MR) is 108 cm³/mol. The van der Waals surface area contributed by atoms with Crippen molar-refractivity contribution >= 4 is 45.9 Å². The van der Waals surface area contributed by atoms with E-state index in [-0.39, 0.29) is 6.03 Å². The van der Waals surface area contributed by atoms with Gasteiger partial charge < -0.3 is 10.6 Å². The molecule has 2 aromatic heterocycles. The third kappa shape index (κ3) is 4.30. The number of hydrogen-bond donors (Lipinski definition) is 3. The Morgan fingerprint density at radius 3 is 2.81 bits per heavy atom. The summed E-state index contributed by atoms with van der Waals surface area (Å²) in [6.45, 7) is 1.89. The number of hydrogen-bond acceptors (Lipinski definition) is 7. The van der Waals surface area contributed by atoms with Crippen molar-refractivity contribution in [3.63, 3.8) is 0 Å². The van der Waals surface area contributed by atoms with Crippen LogP contribution in [0.4, 0.5) is 21.6 Å². The van der Waals surface area contributed by atoms with Gasteiger partial charge >= 0.3 is 6.03 Å². The van der Waals surface area contributed by atoms with Gasteiger partial charge in [-0.1, -0.05) is 17.4 Å². The molecule has 0 radical (unpaired) electrons. The fourth-order valence-electron chi connectivity index (χ4n) is 2.25. The lowest BCUT2D eigenvalue weighted by Gasteiger charge is -2.06. The Bertz CT molecular complexity index is 927. The van der Waals surface area contributed by atoms with Gasteiger partial charge in [-0.15, -0.1) is 11.8 Å². The van der Waals surface area contributed by atoms with Crippen molar-refractivity contribution in [1.29, 1.82) is 0 Å². The molecule has 0 aliphatic carbocycles. The molecule has 0 aliphatic rings. The number of thiazole rings is 1. The first-order valence-corrected chi connectivity index (χ1v) is 9.84. The van der Waals surface area contributed by atoms with E-state index in [9.17, 15) is 4.79 Å². The minimum atomic E-state index is -0.331. The lowest BCUT2D eigenvalue weighted by atomic mass is 10.3. The minimum absolute atomic E-state index is 0.331. The van der Waals surface area contributed by atoms with E-state index in [0.717, 1.165) is 26.8 Å². The Morgan fingerprint density at radius 1 is 1.19 bits per heavy atom. The molecule has 0 saturated carbocycles.